The molecule has 0 spiro atoms. The number of para-hydroxylation sites is 1. The normalized spacial score (nSPS) is 10.8. The van der Waals surface area contributed by atoms with Gasteiger partial charge in [-0.15, -0.1) is 0 Å². The van der Waals surface area contributed by atoms with Gasteiger partial charge in [-0.2, -0.15) is 0 Å². The van der Waals surface area contributed by atoms with E-state index >= 15 is 0 Å². The number of hydrogen-bond acceptors (Lipinski definition) is 3. The molecule has 0 aliphatic heterocycles. The predicted molar refractivity (Wildman–Crippen MR) is 101 cm³/mol. The Morgan fingerprint density at radius 1 is 1.12 bits per heavy atom. The number of amides is 1. The molecule has 2 rings (SSSR count). The summed E-state index contributed by atoms with van der Waals surface area (Å²) in [6, 6.07) is 11.8. The van der Waals surface area contributed by atoms with E-state index in [0.717, 1.165) is 11.1 Å². The molecule has 0 bridgehead atoms. The van der Waals surface area contributed by atoms with Gasteiger partial charge in [0.05, 0.1) is 14.2 Å². The molecule has 0 saturated heterocycles. The van der Waals surface area contributed by atoms with Gasteiger partial charge in [0, 0.05) is 25.2 Å². The van der Waals surface area contributed by atoms with Crippen LogP contribution < -0.4 is 9.47 Å². The average molecular weight is 339 g/mol. The van der Waals surface area contributed by atoms with Crippen molar-refractivity contribution in [1.29, 1.82) is 0 Å². The highest BCUT2D eigenvalue weighted by Crippen LogP contribution is 2.31. The summed E-state index contributed by atoms with van der Waals surface area (Å²) in [5, 5.41) is 0. The first kappa shape index (κ1) is 18.6. The molecule has 4 heteroatoms. The van der Waals surface area contributed by atoms with Gasteiger partial charge < -0.3 is 14.4 Å². The smallest absolute Gasteiger partial charge is 0.246 e. The Kier molecular flexibility index (Phi) is 6.23. The van der Waals surface area contributed by atoms with Gasteiger partial charge in [0.1, 0.15) is 0 Å². The van der Waals surface area contributed by atoms with Crippen molar-refractivity contribution in [2.45, 2.75) is 20.4 Å². The lowest BCUT2D eigenvalue weighted by atomic mass is 10.1. The zero-order valence-corrected chi connectivity index (χ0v) is 15.5. The van der Waals surface area contributed by atoms with E-state index in [-0.39, 0.29) is 5.91 Å². The minimum atomic E-state index is -0.0650. The molecule has 2 aromatic carbocycles. The van der Waals surface area contributed by atoms with E-state index < -0.39 is 0 Å². The van der Waals surface area contributed by atoms with E-state index in [4.69, 9.17) is 9.47 Å². The Balaban J connectivity index is 2.12. The molecule has 0 heterocycles. The maximum absolute atomic E-state index is 12.4. The molecule has 0 unspecified atom stereocenters. The minimum absolute atomic E-state index is 0.0650. The molecule has 0 fully saturated rings. The molecule has 0 aliphatic rings. The highest BCUT2D eigenvalue weighted by atomic mass is 16.5. The molecule has 2 aromatic rings. The highest BCUT2D eigenvalue weighted by Gasteiger charge is 2.10. The second-order valence-corrected chi connectivity index (χ2v) is 6.04. The Morgan fingerprint density at radius 2 is 1.88 bits per heavy atom. The van der Waals surface area contributed by atoms with Crippen LogP contribution in [0.5, 0.6) is 11.5 Å². The quantitative estimate of drug-likeness (QED) is 0.747. The Bertz CT molecular complexity index is 781. The lowest BCUT2D eigenvalue weighted by Crippen LogP contribution is -2.24. The van der Waals surface area contributed by atoms with Gasteiger partial charge in [0.2, 0.25) is 5.91 Å². The van der Waals surface area contributed by atoms with Crippen molar-refractivity contribution in [1.82, 2.24) is 4.90 Å². The standard InChI is InChI=1S/C21H25NO3/c1-15-9-10-18(16(2)13-15)14-22(3)20(23)12-11-17-7-6-8-19(24-4)21(17)25-5/h6-13H,14H2,1-5H3/b12-11+. The van der Waals surface area contributed by atoms with Crippen molar-refractivity contribution in [3.63, 3.8) is 0 Å². The molecule has 0 atom stereocenters. The largest absolute Gasteiger partial charge is 0.493 e. The van der Waals surface area contributed by atoms with Crippen molar-refractivity contribution < 1.29 is 14.3 Å². The number of methoxy groups -OCH3 is 2. The fourth-order valence-electron chi connectivity index (χ4n) is 2.69. The molecule has 4 nitrogen and oxygen atoms in total. The number of rotatable bonds is 6. The van der Waals surface area contributed by atoms with Crippen LogP contribution in [0.2, 0.25) is 0 Å². The summed E-state index contributed by atoms with van der Waals surface area (Å²) >= 11 is 0. The molecule has 0 aliphatic carbocycles. The number of hydrogen-bond donors (Lipinski definition) is 0. The summed E-state index contributed by atoms with van der Waals surface area (Å²) in [6.45, 7) is 4.71. The average Bonchev–Trinajstić information content (AvgIpc) is 2.61. The monoisotopic (exact) mass is 339 g/mol. The Morgan fingerprint density at radius 3 is 2.52 bits per heavy atom. The van der Waals surface area contributed by atoms with Crippen molar-refractivity contribution in [2.24, 2.45) is 0 Å². The summed E-state index contributed by atoms with van der Waals surface area (Å²) in [6.07, 6.45) is 3.31. The molecular weight excluding hydrogens is 314 g/mol. The third-order valence-electron chi connectivity index (χ3n) is 4.12. The number of carbonyl (C=O) groups is 1. The van der Waals surface area contributed by atoms with Crippen molar-refractivity contribution >= 4 is 12.0 Å². The first-order valence-corrected chi connectivity index (χ1v) is 8.16. The fourth-order valence-corrected chi connectivity index (χ4v) is 2.69. The van der Waals surface area contributed by atoms with Crippen LogP contribution in [0.4, 0.5) is 0 Å². The van der Waals surface area contributed by atoms with Crippen LogP contribution in [-0.4, -0.2) is 32.1 Å². The molecule has 0 saturated carbocycles. The van der Waals surface area contributed by atoms with Crippen LogP contribution in [0.1, 0.15) is 22.3 Å². The maximum atomic E-state index is 12.4. The summed E-state index contributed by atoms with van der Waals surface area (Å²) in [7, 11) is 4.98. The second-order valence-electron chi connectivity index (χ2n) is 6.04. The van der Waals surface area contributed by atoms with Crippen LogP contribution in [0.25, 0.3) is 6.08 Å². The SMILES string of the molecule is COc1cccc(/C=C/C(=O)N(C)Cc2ccc(C)cc2C)c1OC. The summed E-state index contributed by atoms with van der Waals surface area (Å²) in [5.41, 5.74) is 4.36. The topological polar surface area (TPSA) is 38.8 Å². The third-order valence-corrected chi connectivity index (χ3v) is 4.12. The molecule has 0 radical (unpaired) electrons. The van der Waals surface area contributed by atoms with E-state index in [0.29, 0.717) is 18.0 Å². The van der Waals surface area contributed by atoms with Crippen LogP contribution in [0, 0.1) is 13.8 Å². The number of carbonyl (C=O) groups excluding carboxylic acids is 1. The molecule has 0 aromatic heterocycles. The van der Waals surface area contributed by atoms with Crippen LogP contribution in [0.15, 0.2) is 42.5 Å². The van der Waals surface area contributed by atoms with Gasteiger partial charge in [0.25, 0.3) is 0 Å². The van der Waals surface area contributed by atoms with Crippen molar-refractivity contribution in [2.75, 3.05) is 21.3 Å². The van der Waals surface area contributed by atoms with Gasteiger partial charge in [-0.1, -0.05) is 35.9 Å². The van der Waals surface area contributed by atoms with Crippen molar-refractivity contribution in [3.05, 3.63) is 64.7 Å². The molecule has 0 N–H and O–H groups in total. The van der Waals surface area contributed by atoms with E-state index in [1.54, 1.807) is 38.3 Å². The van der Waals surface area contributed by atoms with Crippen LogP contribution in [-0.2, 0) is 11.3 Å². The van der Waals surface area contributed by atoms with Crippen molar-refractivity contribution in [3.8, 4) is 11.5 Å². The number of ether oxygens (including phenoxy) is 2. The summed E-state index contributed by atoms with van der Waals surface area (Å²) in [4.78, 5) is 14.1. The molecule has 132 valence electrons. The highest BCUT2D eigenvalue weighted by molar-refractivity contribution is 5.92. The third kappa shape index (κ3) is 4.63. The first-order chi connectivity index (χ1) is 12.0. The number of nitrogens with zero attached hydrogens (tertiary/aromatic N) is 1. The van der Waals surface area contributed by atoms with E-state index in [2.05, 4.69) is 32.0 Å². The Hall–Kier alpha value is -2.75. The van der Waals surface area contributed by atoms with Crippen LogP contribution in [0.3, 0.4) is 0 Å². The van der Waals surface area contributed by atoms with Gasteiger partial charge in [-0.3, -0.25) is 4.79 Å². The van der Waals surface area contributed by atoms with Gasteiger partial charge in [-0.05, 0) is 37.1 Å². The molecular formula is C21H25NO3. The summed E-state index contributed by atoms with van der Waals surface area (Å²) in [5.74, 6) is 1.19. The van der Waals surface area contributed by atoms with E-state index in [1.165, 1.54) is 11.1 Å². The number of likely N-dealkylation sites (N-methyl/N-ethyl adjacent to an activating group) is 1. The predicted octanol–water partition coefficient (Wildman–Crippen LogP) is 3.99. The van der Waals surface area contributed by atoms with Gasteiger partial charge in [-0.25, -0.2) is 0 Å². The zero-order chi connectivity index (χ0) is 18.4. The molecule has 25 heavy (non-hydrogen) atoms. The first-order valence-electron chi connectivity index (χ1n) is 8.16. The Labute approximate surface area is 149 Å². The lowest BCUT2D eigenvalue weighted by Gasteiger charge is -2.17. The lowest BCUT2D eigenvalue weighted by molar-refractivity contribution is -0.125. The second kappa shape index (κ2) is 8.38. The van der Waals surface area contributed by atoms with Crippen LogP contribution >= 0.6 is 0 Å². The molecule has 1 amide bonds. The van der Waals surface area contributed by atoms with Gasteiger partial charge >= 0.3 is 0 Å². The zero-order valence-electron chi connectivity index (χ0n) is 15.5. The maximum Gasteiger partial charge on any atom is 0.246 e. The number of benzene rings is 2. The van der Waals surface area contributed by atoms with E-state index in [1.807, 2.05) is 18.2 Å². The van der Waals surface area contributed by atoms with E-state index in [9.17, 15) is 4.79 Å². The minimum Gasteiger partial charge on any atom is -0.493 e. The summed E-state index contributed by atoms with van der Waals surface area (Å²) < 4.78 is 10.7. The fraction of sp³-hybridized carbons (Fsp3) is 0.286. The van der Waals surface area contributed by atoms with Gasteiger partial charge in [0.15, 0.2) is 11.5 Å². The number of aryl methyl sites for hydroxylation is 2.